The molecule has 1 aromatic carbocycles. The summed E-state index contributed by atoms with van der Waals surface area (Å²) in [7, 11) is 0. The van der Waals surface area contributed by atoms with Gasteiger partial charge in [-0.1, -0.05) is 11.6 Å². The van der Waals surface area contributed by atoms with Crippen molar-refractivity contribution in [2.24, 2.45) is 5.92 Å². The van der Waals surface area contributed by atoms with Crippen LogP contribution in [-0.2, 0) is 4.79 Å². The number of hydrogen-bond acceptors (Lipinski definition) is 6. The molecule has 0 radical (unpaired) electrons. The first-order chi connectivity index (χ1) is 14.7. The molecule has 0 aliphatic carbocycles. The Morgan fingerprint density at radius 1 is 1.00 bits per heavy atom. The summed E-state index contributed by atoms with van der Waals surface area (Å²) in [5, 5.41) is 0.710. The molecule has 2 aliphatic rings. The summed E-state index contributed by atoms with van der Waals surface area (Å²) in [6.07, 6.45) is 5.26. The average Bonchev–Trinajstić information content (AvgIpc) is 2.81. The number of nitrogens with zero attached hydrogens (tertiary/aromatic N) is 5. The second-order valence-electron chi connectivity index (χ2n) is 7.78. The van der Waals surface area contributed by atoms with E-state index in [-0.39, 0.29) is 5.92 Å². The molecule has 4 rings (SSSR count). The number of rotatable bonds is 6. The number of carbonyl (C=O) groups is 1. The number of hydrogen-bond donors (Lipinski definition) is 0. The normalized spacial score (nSPS) is 18.4. The lowest BCUT2D eigenvalue weighted by atomic mass is 9.95. The smallest absolute Gasteiger partial charge is 0.225 e. The molecule has 0 bridgehead atoms. The van der Waals surface area contributed by atoms with Crippen molar-refractivity contribution < 1.29 is 9.53 Å². The molecule has 1 aromatic heterocycles. The van der Waals surface area contributed by atoms with Crippen LogP contribution in [0.25, 0.3) is 0 Å². The SMILES string of the molecule is O=C(C1CCN(c2ncccn2)CC1)N1CCN(CCOc2ccc(Cl)cc2)CC1. The fourth-order valence-corrected chi connectivity index (χ4v) is 4.18. The summed E-state index contributed by atoms with van der Waals surface area (Å²) in [5.41, 5.74) is 0. The van der Waals surface area contributed by atoms with Crippen molar-refractivity contribution in [1.82, 2.24) is 19.8 Å². The number of aromatic nitrogens is 2. The van der Waals surface area contributed by atoms with Gasteiger partial charge in [-0.15, -0.1) is 0 Å². The van der Waals surface area contributed by atoms with Gasteiger partial charge in [-0.2, -0.15) is 0 Å². The molecule has 0 saturated carbocycles. The van der Waals surface area contributed by atoms with Crippen LogP contribution in [0.5, 0.6) is 5.75 Å². The number of anilines is 1. The molecule has 2 fully saturated rings. The van der Waals surface area contributed by atoms with E-state index >= 15 is 0 Å². The third-order valence-corrected chi connectivity index (χ3v) is 6.11. The van der Waals surface area contributed by atoms with Crippen molar-refractivity contribution >= 4 is 23.5 Å². The number of benzene rings is 1. The van der Waals surface area contributed by atoms with Crippen molar-refractivity contribution in [3.8, 4) is 5.75 Å². The molecule has 160 valence electrons. The number of ether oxygens (including phenoxy) is 1. The molecule has 0 N–H and O–H groups in total. The van der Waals surface area contributed by atoms with E-state index in [1.165, 1.54) is 0 Å². The van der Waals surface area contributed by atoms with E-state index in [9.17, 15) is 4.79 Å². The van der Waals surface area contributed by atoms with Crippen molar-refractivity contribution in [1.29, 1.82) is 0 Å². The molecule has 2 aliphatic heterocycles. The molecule has 0 spiro atoms. The van der Waals surface area contributed by atoms with Crippen molar-refractivity contribution in [2.45, 2.75) is 12.8 Å². The first kappa shape index (κ1) is 20.9. The third-order valence-electron chi connectivity index (χ3n) is 5.85. The molecular weight excluding hydrogens is 402 g/mol. The maximum Gasteiger partial charge on any atom is 0.225 e. The number of piperazine rings is 1. The van der Waals surface area contributed by atoms with E-state index in [1.807, 2.05) is 35.2 Å². The van der Waals surface area contributed by atoms with Gasteiger partial charge in [-0.3, -0.25) is 9.69 Å². The zero-order valence-corrected chi connectivity index (χ0v) is 17.9. The van der Waals surface area contributed by atoms with Crippen LogP contribution in [0, 0.1) is 5.92 Å². The maximum absolute atomic E-state index is 13.0. The predicted octanol–water partition coefficient (Wildman–Crippen LogP) is 2.57. The molecule has 0 atom stereocenters. The summed E-state index contributed by atoms with van der Waals surface area (Å²) in [6.45, 7) is 6.54. The summed E-state index contributed by atoms with van der Waals surface area (Å²) < 4.78 is 5.78. The predicted molar refractivity (Wildman–Crippen MR) is 117 cm³/mol. The highest BCUT2D eigenvalue weighted by molar-refractivity contribution is 6.30. The zero-order valence-electron chi connectivity index (χ0n) is 17.1. The van der Waals surface area contributed by atoms with Gasteiger partial charge in [0.1, 0.15) is 12.4 Å². The first-order valence-corrected chi connectivity index (χ1v) is 11.0. The average molecular weight is 430 g/mol. The Balaban J connectivity index is 1.16. The number of carbonyl (C=O) groups excluding carboxylic acids is 1. The van der Waals surface area contributed by atoms with Crippen LogP contribution in [0.2, 0.25) is 5.02 Å². The summed E-state index contributed by atoms with van der Waals surface area (Å²) in [4.78, 5) is 28.1. The van der Waals surface area contributed by atoms with Gasteiger partial charge in [0.05, 0.1) is 0 Å². The quantitative estimate of drug-likeness (QED) is 0.703. The summed E-state index contributed by atoms with van der Waals surface area (Å²) in [6, 6.07) is 9.25. The maximum atomic E-state index is 13.0. The van der Waals surface area contributed by atoms with Crippen LogP contribution in [-0.4, -0.2) is 78.1 Å². The number of halogens is 1. The lowest BCUT2D eigenvalue weighted by molar-refractivity contribution is -0.138. The van der Waals surface area contributed by atoms with Crippen LogP contribution in [0.3, 0.4) is 0 Å². The monoisotopic (exact) mass is 429 g/mol. The number of piperidine rings is 1. The van der Waals surface area contributed by atoms with Crippen LogP contribution in [0.4, 0.5) is 5.95 Å². The van der Waals surface area contributed by atoms with E-state index in [2.05, 4.69) is 19.8 Å². The zero-order chi connectivity index (χ0) is 20.8. The minimum absolute atomic E-state index is 0.116. The fourth-order valence-electron chi connectivity index (χ4n) is 4.05. The Labute approximate surface area is 182 Å². The summed E-state index contributed by atoms with van der Waals surface area (Å²) >= 11 is 5.89. The molecule has 0 unspecified atom stereocenters. The largest absolute Gasteiger partial charge is 0.492 e. The van der Waals surface area contributed by atoms with Crippen molar-refractivity contribution in [3.05, 3.63) is 47.7 Å². The molecule has 30 heavy (non-hydrogen) atoms. The third kappa shape index (κ3) is 5.40. The van der Waals surface area contributed by atoms with E-state index < -0.39 is 0 Å². The van der Waals surface area contributed by atoms with Gasteiger partial charge < -0.3 is 14.5 Å². The lowest BCUT2D eigenvalue weighted by Crippen LogP contribution is -2.52. The molecule has 8 heteroatoms. The van der Waals surface area contributed by atoms with E-state index in [1.54, 1.807) is 12.4 Å². The highest BCUT2D eigenvalue weighted by atomic mass is 35.5. The van der Waals surface area contributed by atoms with Gasteiger partial charge in [0.2, 0.25) is 11.9 Å². The molecule has 1 amide bonds. The highest BCUT2D eigenvalue weighted by Crippen LogP contribution is 2.23. The molecular formula is C22H28ClN5O2. The second kappa shape index (κ2) is 10.1. The topological polar surface area (TPSA) is 61.8 Å². The van der Waals surface area contributed by atoms with E-state index in [4.69, 9.17) is 16.3 Å². The molecule has 7 nitrogen and oxygen atoms in total. The standard InChI is InChI=1S/C22H28ClN5O2/c23-19-2-4-20(5-3-19)30-17-16-26-12-14-27(15-13-26)21(29)18-6-10-28(11-7-18)22-24-8-1-9-25-22/h1-5,8-9,18H,6-7,10-17H2. The van der Waals surface area contributed by atoms with Crippen LogP contribution in [0.1, 0.15) is 12.8 Å². The van der Waals surface area contributed by atoms with Gasteiger partial charge in [0.25, 0.3) is 0 Å². The van der Waals surface area contributed by atoms with Crippen LogP contribution in [0.15, 0.2) is 42.7 Å². The Morgan fingerprint density at radius 2 is 1.67 bits per heavy atom. The number of amides is 1. The Bertz CT molecular complexity index is 804. The van der Waals surface area contributed by atoms with Gasteiger partial charge in [-0.25, -0.2) is 9.97 Å². The van der Waals surface area contributed by atoms with E-state index in [0.29, 0.717) is 17.5 Å². The lowest BCUT2D eigenvalue weighted by Gasteiger charge is -2.38. The second-order valence-corrected chi connectivity index (χ2v) is 8.22. The van der Waals surface area contributed by atoms with Crippen LogP contribution < -0.4 is 9.64 Å². The van der Waals surface area contributed by atoms with Gasteiger partial charge in [0.15, 0.2) is 0 Å². The first-order valence-electron chi connectivity index (χ1n) is 10.6. The molecule has 3 heterocycles. The van der Waals surface area contributed by atoms with E-state index in [0.717, 1.165) is 70.4 Å². The fraction of sp³-hybridized carbons (Fsp3) is 0.500. The highest BCUT2D eigenvalue weighted by Gasteiger charge is 2.30. The van der Waals surface area contributed by atoms with Crippen LogP contribution >= 0.6 is 11.6 Å². The van der Waals surface area contributed by atoms with Gasteiger partial charge >= 0.3 is 0 Å². The Hall–Kier alpha value is -2.38. The Kier molecular flexibility index (Phi) is 7.02. The summed E-state index contributed by atoms with van der Waals surface area (Å²) in [5.74, 6) is 2.02. The van der Waals surface area contributed by atoms with Crippen molar-refractivity contribution in [3.63, 3.8) is 0 Å². The van der Waals surface area contributed by atoms with Gasteiger partial charge in [-0.05, 0) is 43.2 Å². The van der Waals surface area contributed by atoms with Crippen molar-refractivity contribution in [2.75, 3.05) is 57.3 Å². The molecule has 2 saturated heterocycles. The minimum Gasteiger partial charge on any atom is -0.492 e. The Morgan fingerprint density at radius 3 is 2.33 bits per heavy atom. The molecule has 2 aromatic rings. The van der Waals surface area contributed by atoms with Gasteiger partial charge in [0, 0.05) is 69.1 Å². The minimum atomic E-state index is 0.116.